The zero-order valence-electron chi connectivity index (χ0n) is 33.1. The molecule has 0 aliphatic heterocycles. The minimum atomic E-state index is 1.18. The Morgan fingerprint density at radius 2 is 0.550 bits per heavy atom. The Kier molecular flexibility index (Phi) is 8.95. The van der Waals surface area contributed by atoms with Gasteiger partial charge in [0, 0.05) is 0 Å². The Labute approximate surface area is 351 Å². The van der Waals surface area contributed by atoms with Crippen LogP contribution in [0.25, 0.3) is 110 Å². The van der Waals surface area contributed by atoms with E-state index in [1.165, 1.54) is 110 Å². The lowest BCUT2D eigenvalue weighted by atomic mass is 9.84. The van der Waals surface area contributed by atoms with Crippen molar-refractivity contribution in [3.63, 3.8) is 0 Å². The maximum Gasteiger partial charge on any atom is -0.00261 e. The Bertz CT molecular complexity index is 3290. The van der Waals surface area contributed by atoms with Crippen LogP contribution in [0.5, 0.6) is 0 Å². The van der Waals surface area contributed by atoms with Gasteiger partial charge in [-0.3, -0.25) is 0 Å². The summed E-state index contributed by atoms with van der Waals surface area (Å²) in [4.78, 5) is 0. The molecule has 0 atom stereocenters. The summed E-state index contributed by atoms with van der Waals surface area (Å²) in [6, 6.07) is 88.8. The van der Waals surface area contributed by atoms with Crippen molar-refractivity contribution in [3.05, 3.63) is 243 Å². The third-order valence-electron chi connectivity index (χ3n) is 12.1. The van der Waals surface area contributed by atoms with E-state index in [-0.39, 0.29) is 0 Å². The normalized spacial score (nSPS) is 11.3. The molecule has 0 N–H and O–H groups in total. The molecule has 280 valence electrons. The Morgan fingerprint density at radius 3 is 1.13 bits per heavy atom. The van der Waals surface area contributed by atoms with Crippen LogP contribution in [0.1, 0.15) is 0 Å². The van der Waals surface area contributed by atoms with Gasteiger partial charge in [0.25, 0.3) is 0 Å². The van der Waals surface area contributed by atoms with Crippen molar-refractivity contribution in [2.75, 3.05) is 0 Å². The summed E-state index contributed by atoms with van der Waals surface area (Å²) < 4.78 is 0. The van der Waals surface area contributed by atoms with Crippen molar-refractivity contribution in [2.45, 2.75) is 0 Å². The van der Waals surface area contributed by atoms with Gasteiger partial charge in [-0.05, 0) is 134 Å². The van der Waals surface area contributed by atoms with Crippen LogP contribution in [-0.4, -0.2) is 0 Å². The van der Waals surface area contributed by atoms with Gasteiger partial charge in [0.1, 0.15) is 0 Å². The first-order valence-corrected chi connectivity index (χ1v) is 20.7. The zero-order chi connectivity index (χ0) is 39.8. The smallest absolute Gasteiger partial charge is 0.00261 e. The number of rotatable bonds is 7. The van der Waals surface area contributed by atoms with Crippen molar-refractivity contribution in [1.29, 1.82) is 0 Å². The predicted octanol–water partition coefficient (Wildman–Crippen LogP) is 16.8. The first-order chi connectivity index (χ1) is 29.8. The molecule has 0 spiro atoms. The molecule has 0 aliphatic rings. The second kappa shape index (κ2) is 15.2. The monoisotopic (exact) mass is 760 g/mol. The molecule has 0 nitrogen and oxygen atoms in total. The van der Waals surface area contributed by atoms with E-state index in [0.717, 1.165) is 0 Å². The van der Waals surface area contributed by atoms with Crippen molar-refractivity contribution in [1.82, 2.24) is 0 Å². The predicted molar refractivity (Wildman–Crippen MR) is 257 cm³/mol. The van der Waals surface area contributed by atoms with Gasteiger partial charge in [-0.25, -0.2) is 0 Å². The molecule has 0 saturated heterocycles. The highest BCUT2D eigenvalue weighted by atomic mass is 14.2. The molecular weight excluding hydrogens is 721 g/mol. The number of fused-ring (bicyclic) bond motifs is 3. The molecule has 60 heavy (non-hydrogen) atoms. The molecule has 0 unspecified atom stereocenters. The van der Waals surface area contributed by atoms with Gasteiger partial charge in [-0.2, -0.15) is 0 Å². The Morgan fingerprint density at radius 1 is 0.167 bits per heavy atom. The SMILES string of the molecule is c1ccc(-c2cccc(-c3ccc(-c4c5ccccc5c(-c5ccccc5)c5ccccc45)cc3-c3cccc(-c4cccc(-c5cccc6ccccc56)c4)c3)c2)cc1. The summed E-state index contributed by atoms with van der Waals surface area (Å²) in [6.45, 7) is 0. The minimum Gasteiger partial charge on any atom is -0.0622 e. The summed E-state index contributed by atoms with van der Waals surface area (Å²) in [6.07, 6.45) is 0. The first-order valence-electron chi connectivity index (χ1n) is 20.7. The van der Waals surface area contributed by atoms with Gasteiger partial charge in [0.2, 0.25) is 0 Å². The molecule has 0 bridgehead atoms. The molecule has 0 saturated carbocycles. The van der Waals surface area contributed by atoms with E-state index >= 15 is 0 Å². The largest absolute Gasteiger partial charge is 0.0622 e. The van der Waals surface area contributed by atoms with Gasteiger partial charge >= 0.3 is 0 Å². The third kappa shape index (κ3) is 6.36. The molecule has 11 aromatic rings. The lowest BCUT2D eigenvalue weighted by molar-refractivity contribution is 1.55. The third-order valence-corrected chi connectivity index (χ3v) is 12.1. The summed E-state index contributed by atoms with van der Waals surface area (Å²) in [7, 11) is 0. The quantitative estimate of drug-likeness (QED) is 0.142. The fourth-order valence-corrected chi connectivity index (χ4v) is 9.25. The maximum atomic E-state index is 2.44. The van der Waals surface area contributed by atoms with Crippen LogP contribution in [0.4, 0.5) is 0 Å². The summed E-state index contributed by atoms with van der Waals surface area (Å²) in [5.74, 6) is 0. The van der Waals surface area contributed by atoms with E-state index < -0.39 is 0 Å². The van der Waals surface area contributed by atoms with E-state index in [2.05, 4.69) is 243 Å². The first kappa shape index (κ1) is 35.4. The molecule has 0 heteroatoms. The number of hydrogen-bond acceptors (Lipinski definition) is 0. The topological polar surface area (TPSA) is 0 Å². The lowest BCUT2D eigenvalue weighted by Gasteiger charge is -2.20. The molecule has 0 aliphatic carbocycles. The maximum absolute atomic E-state index is 2.44. The molecular formula is C60H40. The van der Waals surface area contributed by atoms with Crippen LogP contribution in [0.3, 0.4) is 0 Å². The van der Waals surface area contributed by atoms with E-state index in [1.54, 1.807) is 0 Å². The molecule has 0 heterocycles. The van der Waals surface area contributed by atoms with Crippen molar-refractivity contribution < 1.29 is 0 Å². The van der Waals surface area contributed by atoms with Gasteiger partial charge in [-0.15, -0.1) is 0 Å². The Balaban J connectivity index is 1.12. The van der Waals surface area contributed by atoms with E-state index in [4.69, 9.17) is 0 Å². The highest BCUT2D eigenvalue weighted by Gasteiger charge is 2.19. The average Bonchev–Trinajstić information content (AvgIpc) is 3.33. The Hall–Kier alpha value is -7.80. The van der Waals surface area contributed by atoms with E-state index in [1.807, 2.05) is 0 Å². The van der Waals surface area contributed by atoms with Crippen molar-refractivity contribution in [3.8, 4) is 77.9 Å². The molecule has 0 radical (unpaired) electrons. The second-order valence-corrected chi connectivity index (χ2v) is 15.6. The summed E-state index contributed by atoms with van der Waals surface area (Å²) in [5, 5.41) is 7.53. The number of hydrogen-bond donors (Lipinski definition) is 0. The number of benzene rings is 11. The molecule has 11 aromatic carbocycles. The van der Waals surface area contributed by atoms with Crippen molar-refractivity contribution in [2.24, 2.45) is 0 Å². The molecule has 0 fully saturated rings. The van der Waals surface area contributed by atoms with Crippen LogP contribution in [-0.2, 0) is 0 Å². The van der Waals surface area contributed by atoms with Crippen LogP contribution in [0, 0.1) is 0 Å². The van der Waals surface area contributed by atoms with Gasteiger partial charge in [0.05, 0.1) is 0 Å². The summed E-state index contributed by atoms with van der Waals surface area (Å²) in [5.41, 5.74) is 17.0. The van der Waals surface area contributed by atoms with E-state index in [9.17, 15) is 0 Å². The second-order valence-electron chi connectivity index (χ2n) is 15.6. The van der Waals surface area contributed by atoms with Crippen LogP contribution >= 0.6 is 0 Å². The fourth-order valence-electron chi connectivity index (χ4n) is 9.25. The van der Waals surface area contributed by atoms with Gasteiger partial charge in [0.15, 0.2) is 0 Å². The minimum absolute atomic E-state index is 1.18. The molecule has 11 rings (SSSR count). The zero-order valence-corrected chi connectivity index (χ0v) is 33.1. The summed E-state index contributed by atoms with van der Waals surface area (Å²) >= 11 is 0. The van der Waals surface area contributed by atoms with Gasteiger partial charge in [-0.1, -0.05) is 218 Å². The van der Waals surface area contributed by atoms with E-state index in [0.29, 0.717) is 0 Å². The average molecular weight is 761 g/mol. The highest BCUT2D eigenvalue weighted by Crippen LogP contribution is 2.46. The van der Waals surface area contributed by atoms with Gasteiger partial charge < -0.3 is 0 Å². The van der Waals surface area contributed by atoms with Crippen LogP contribution < -0.4 is 0 Å². The van der Waals surface area contributed by atoms with Crippen molar-refractivity contribution >= 4 is 32.3 Å². The highest BCUT2D eigenvalue weighted by molar-refractivity contribution is 6.21. The molecule has 0 aromatic heterocycles. The lowest BCUT2D eigenvalue weighted by Crippen LogP contribution is -1.93. The fraction of sp³-hybridized carbons (Fsp3) is 0. The van der Waals surface area contributed by atoms with Crippen LogP contribution in [0.15, 0.2) is 243 Å². The van der Waals surface area contributed by atoms with Crippen LogP contribution in [0.2, 0.25) is 0 Å². The standard InChI is InChI=1S/C60H40/c1-3-17-41(18-4-1)44-23-13-27-48(37-44)53-36-35-50(60-56-32-11-9-30-54(56)59(43-20-5-2-6-21-43)55-31-10-12-33-57(55)60)40-58(53)49-28-15-25-46(39-49)45-24-14-26-47(38-45)52-34-16-22-42-19-7-8-29-51(42)52/h1-40H. The molecule has 0 amide bonds.